The fourth-order valence-corrected chi connectivity index (χ4v) is 1.61. The minimum absolute atomic E-state index is 0.225. The monoisotopic (exact) mass is 283 g/mol. The first kappa shape index (κ1) is 14.4. The van der Waals surface area contributed by atoms with E-state index in [0.717, 1.165) is 0 Å². The van der Waals surface area contributed by atoms with Crippen molar-refractivity contribution in [2.75, 3.05) is 13.7 Å². The van der Waals surface area contributed by atoms with Gasteiger partial charge >= 0.3 is 5.97 Å². The lowest BCUT2D eigenvalue weighted by Crippen LogP contribution is -2.18. The molecule has 0 saturated carbocycles. The van der Waals surface area contributed by atoms with Gasteiger partial charge < -0.3 is 14.2 Å². The average molecular weight is 283 g/mol. The van der Waals surface area contributed by atoms with Crippen molar-refractivity contribution in [2.45, 2.75) is 0 Å². The van der Waals surface area contributed by atoms with Crippen LogP contribution in [0.2, 0.25) is 0 Å². The number of benzene rings is 2. The van der Waals surface area contributed by atoms with E-state index in [1.165, 1.54) is 0 Å². The maximum atomic E-state index is 11.7. The summed E-state index contributed by atoms with van der Waals surface area (Å²) >= 11 is 0. The second kappa shape index (κ2) is 6.96. The molecule has 2 aromatic carbocycles. The maximum Gasteiger partial charge on any atom is 0.349 e. The molecule has 2 rings (SSSR count). The van der Waals surface area contributed by atoms with Crippen LogP contribution < -0.4 is 14.2 Å². The fraction of sp³-hybridized carbons (Fsp3) is 0.125. The van der Waals surface area contributed by atoms with Gasteiger partial charge in [0.1, 0.15) is 23.3 Å². The molecule has 0 N–H and O–H groups in total. The molecule has 0 amide bonds. The molecule has 0 unspecified atom stereocenters. The second-order valence-electron chi connectivity index (χ2n) is 4.05. The van der Waals surface area contributed by atoms with E-state index < -0.39 is 5.97 Å². The number of hydrogen-bond donors (Lipinski definition) is 0. The highest BCUT2D eigenvalue weighted by atomic mass is 16.6. The highest BCUT2D eigenvalue weighted by molar-refractivity contribution is 5.74. The highest BCUT2D eigenvalue weighted by Gasteiger charge is 2.09. The Bertz CT molecular complexity index is 659. The third kappa shape index (κ3) is 3.98. The molecule has 0 spiro atoms. The number of hydrogen-bond acceptors (Lipinski definition) is 5. The van der Waals surface area contributed by atoms with E-state index in [1.54, 1.807) is 55.6 Å². The number of nitriles is 1. The predicted molar refractivity (Wildman–Crippen MR) is 75.3 cm³/mol. The van der Waals surface area contributed by atoms with Gasteiger partial charge in [0, 0.05) is 0 Å². The number of esters is 1. The molecule has 0 aliphatic rings. The summed E-state index contributed by atoms with van der Waals surface area (Å²) < 4.78 is 15.4. The molecular formula is C16H13NO4. The molecule has 0 fully saturated rings. The number of methoxy groups -OCH3 is 1. The number of para-hydroxylation sites is 1. The SMILES string of the molecule is COc1ccc(OCC(=O)Oc2ccccc2C#N)cc1. The molecule has 5 nitrogen and oxygen atoms in total. The average Bonchev–Trinajstić information content (AvgIpc) is 2.54. The van der Waals surface area contributed by atoms with Gasteiger partial charge in [0.05, 0.1) is 12.7 Å². The summed E-state index contributed by atoms with van der Waals surface area (Å²) in [6.45, 7) is -0.244. The molecule has 0 heterocycles. The summed E-state index contributed by atoms with van der Waals surface area (Å²) in [6.07, 6.45) is 0. The Morgan fingerprint density at radius 3 is 2.43 bits per heavy atom. The van der Waals surface area contributed by atoms with E-state index in [1.807, 2.05) is 6.07 Å². The Labute approximate surface area is 122 Å². The molecule has 0 saturated heterocycles. The third-order valence-electron chi connectivity index (χ3n) is 2.65. The zero-order valence-corrected chi connectivity index (χ0v) is 11.4. The van der Waals surface area contributed by atoms with Crippen molar-refractivity contribution in [2.24, 2.45) is 0 Å². The van der Waals surface area contributed by atoms with Crippen LogP contribution in [0.3, 0.4) is 0 Å². The van der Waals surface area contributed by atoms with Crippen molar-refractivity contribution in [3.8, 4) is 23.3 Å². The normalized spacial score (nSPS) is 9.52. The summed E-state index contributed by atoms with van der Waals surface area (Å²) in [7, 11) is 1.57. The van der Waals surface area contributed by atoms with Crippen LogP contribution in [0.4, 0.5) is 0 Å². The summed E-state index contributed by atoms with van der Waals surface area (Å²) in [4.78, 5) is 11.7. The van der Waals surface area contributed by atoms with Crippen molar-refractivity contribution in [1.82, 2.24) is 0 Å². The molecule has 0 aliphatic carbocycles. The van der Waals surface area contributed by atoms with Gasteiger partial charge in [0.15, 0.2) is 6.61 Å². The first-order valence-electron chi connectivity index (χ1n) is 6.19. The largest absolute Gasteiger partial charge is 0.497 e. The maximum absolute atomic E-state index is 11.7. The quantitative estimate of drug-likeness (QED) is 0.623. The van der Waals surface area contributed by atoms with Crippen LogP contribution >= 0.6 is 0 Å². The van der Waals surface area contributed by atoms with Crippen molar-refractivity contribution in [3.05, 3.63) is 54.1 Å². The Hall–Kier alpha value is -3.00. The van der Waals surface area contributed by atoms with Gasteiger partial charge in [-0.3, -0.25) is 0 Å². The van der Waals surface area contributed by atoms with Gasteiger partial charge in [-0.05, 0) is 36.4 Å². The summed E-state index contributed by atoms with van der Waals surface area (Å²) in [5, 5.41) is 8.90. The van der Waals surface area contributed by atoms with Gasteiger partial charge in [-0.15, -0.1) is 0 Å². The fourth-order valence-electron chi connectivity index (χ4n) is 1.61. The smallest absolute Gasteiger partial charge is 0.349 e. The first-order valence-corrected chi connectivity index (χ1v) is 6.19. The van der Waals surface area contributed by atoms with Crippen LogP contribution in [0.15, 0.2) is 48.5 Å². The molecule has 0 bridgehead atoms. The number of carbonyl (C=O) groups excluding carboxylic acids is 1. The zero-order chi connectivity index (χ0) is 15.1. The van der Waals surface area contributed by atoms with Crippen molar-refractivity contribution in [3.63, 3.8) is 0 Å². The van der Waals surface area contributed by atoms with Crippen molar-refractivity contribution < 1.29 is 19.0 Å². The Balaban J connectivity index is 1.91. The minimum atomic E-state index is -0.575. The molecule has 106 valence electrons. The number of ether oxygens (including phenoxy) is 3. The standard InChI is InChI=1S/C16H13NO4/c1-19-13-6-8-14(9-7-13)20-11-16(18)21-15-5-3-2-4-12(15)10-17/h2-9H,11H2,1H3. The van der Waals surface area contributed by atoms with Gasteiger partial charge in [0.25, 0.3) is 0 Å². The molecule has 0 aromatic heterocycles. The molecule has 0 atom stereocenters. The molecule has 0 aliphatic heterocycles. The minimum Gasteiger partial charge on any atom is -0.497 e. The Morgan fingerprint density at radius 2 is 1.76 bits per heavy atom. The third-order valence-corrected chi connectivity index (χ3v) is 2.65. The van der Waals surface area contributed by atoms with E-state index in [0.29, 0.717) is 17.1 Å². The van der Waals surface area contributed by atoms with Crippen LogP contribution in [0.1, 0.15) is 5.56 Å². The van der Waals surface area contributed by atoms with Crippen LogP contribution in [0, 0.1) is 11.3 Å². The van der Waals surface area contributed by atoms with Crippen LogP contribution in [-0.4, -0.2) is 19.7 Å². The molecule has 0 radical (unpaired) electrons. The van der Waals surface area contributed by atoms with Crippen LogP contribution in [0.25, 0.3) is 0 Å². The lowest BCUT2D eigenvalue weighted by molar-refractivity contribution is -0.136. The van der Waals surface area contributed by atoms with Gasteiger partial charge in [-0.2, -0.15) is 5.26 Å². The van der Waals surface area contributed by atoms with E-state index in [4.69, 9.17) is 19.5 Å². The van der Waals surface area contributed by atoms with Gasteiger partial charge in [-0.25, -0.2) is 4.79 Å². The van der Waals surface area contributed by atoms with Crippen LogP contribution in [-0.2, 0) is 4.79 Å². The second-order valence-corrected chi connectivity index (χ2v) is 4.05. The Morgan fingerprint density at radius 1 is 1.10 bits per heavy atom. The van der Waals surface area contributed by atoms with Gasteiger partial charge in [0.2, 0.25) is 0 Å². The highest BCUT2D eigenvalue weighted by Crippen LogP contribution is 2.18. The molecule has 5 heteroatoms. The van der Waals surface area contributed by atoms with E-state index in [9.17, 15) is 4.79 Å². The van der Waals surface area contributed by atoms with Crippen molar-refractivity contribution in [1.29, 1.82) is 5.26 Å². The van der Waals surface area contributed by atoms with E-state index in [-0.39, 0.29) is 12.4 Å². The molecular weight excluding hydrogens is 270 g/mol. The predicted octanol–water partition coefficient (Wildman–Crippen LogP) is 2.55. The van der Waals surface area contributed by atoms with E-state index >= 15 is 0 Å². The topological polar surface area (TPSA) is 68.6 Å². The van der Waals surface area contributed by atoms with E-state index in [2.05, 4.69) is 0 Å². The van der Waals surface area contributed by atoms with Crippen molar-refractivity contribution >= 4 is 5.97 Å². The number of rotatable bonds is 5. The van der Waals surface area contributed by atoms with Crippen LogP contribution in [0.5, 0.6) is 17.2 Å². The molecule has 21 heavy (non-hydrogen) atoms. The lowest BCUT2D eigenvalue weighted by Gasteiger charge is -2.08. The summed E-state index contributed by atoms with van der Waals surface area (Å²) in [6, 6.07) is 15.3. The number of nitrogens with zero attached hydrogens (tertiary/aromatic N) is 1. The lowest BCUT2D eigenvalue weighted by atomic mass is 10.2. The molecule has 2 aromatic rings. The zero-order valence-electron chi connectivity index (χ0n) is 11.4. The summed E-state index contributed by atoms with van der Waals surface area (Å²) in [5.41, 5.74) is 0.301. The Kier molecular flexibility index (Phi) is 4.78. The summed E-state index contributed by atoms with van der Waals surface area (Å²) in [5.74, 6) is 0.881. The first-order chi connectivity index (χ1) is 10.2. The number of carbonyl (C=O) groups is 1. The van der Waals surface area contributed by atoms with Gasteiger partial charge in [-0.1, -0.05) is 12.1 Å².